The Hall–Kier alpha value is -6.28. The van der Waals surface area contributed by atoms with Gasteiger partial charge in [-0.1, -0.05) is 64.1 Å². The number of aliphatic imine (C=N–C) groups is 1. The van der Waals surface area contributed by atoms with Crippen LogP contribution in [0.2, 0.25) is 0 Å². The minimum atomic E-state index is -0.688. The Balaban J connectivity index is 0.992. The predicted octanol–water partition coefficient (Wildman–Crippen LogP) is 8.26. The monoisotopic (exact) mass is 812 g/mol. The minimum absolute atomic E-state index is 0.0134. The van der Waals surface area contributed by atoms with Crippen LogP contribution < -0.4 is 5.32 Å². The van der Waals surface area contributed by atoms with Gasteiger partial charge in [0.05, 0.1) is 48.4 Å². The molecule has 2 saturated heterocycles. The van der Waals surface area contributed by atoms with Gasteiger partial charge in [-0.3, -0.25) is 9.59 Å². The summed E-state index contributed by atoms with van der Waals surface area (Å²) >= 11 is 0. The number of H-pyrrole nitrogens is 2. The molecule has 0 spiro atoms. The Morgan fingerprint density at radius 3 is 1.70 bits per heavy atom. The summed E-state index contributed by atoms with van der Waals surface area (Å²) in [5.41, 5.74) is 7.77. The number of aromatic nitrogens is 4. The highest BCUT2D eigenvalue weighted by molar-refractivity contribution is 5.93. The van der Waals surface area contributed by atoms with Crippen LogP contribution in [0.3, 0.4) is 0 Å². The number of imidazole rings is 2. The summed E-state index contributed by atoms with van der Waals surface area (Å²) in [6.45, 7) is 9.01. The number of alkyl carbamates (subject to hydrolysis) is 1. The number of likely N-dealkylation sites (tertiary alicyclic amines) is 2. The smallest absolute Gasteiger partial charge is 0.407 e. The number of methoxy groups -OCH3 is 1. The summed E-state index contributed by atoms with van der Waals surface area (Å²) in [6.07, 6.45) is 3.92. The van der Waals surface area contributed by atoms with E-state index >= 15 is 0 Å². The third-order valence-corrected chi connectivity index (χ3v) is 11.8. The molecule has 14 heteroatoms. The van der Waals surface area contributed by atoms with Crippen LogP contribution in [0, 0.1) is 11.8 Å². The molecule has 4 heterocycles. The number of nitrogens with zero attached hydrogens (tertiary/aromatic N) is 5. The van der Waals surface area contributed by atoms with Gasteiger partial charge in [-0.25, -0.2) is 19.8 Å². The highest BCUT2D eigenvalue weighted by Gasteiger charge is 2.38. The van der Waals surface area contributed by atoms with Gasteiger partial charge in [-0.05, 0) is 107 Å². The molecule has 0 aliphatic carbocycles. The fourth-order valence-corrected chi connectivity index (χ4v) is 8.66. The normalized spacial score (nSPS) is 18.1. The van der Waals surface area contributed by atoms with Crippen LogP contribution >= 0.6 is 0 Å². The lowest BCUT2D eigenvalue weighted by Gasteiger charge is -2.29. The van der Waals surface area contributed by atoms with Crippen molar-refractivity contribution in [3.8, 4) is 22.3 Å². The highest BCUT2D eigenvalue weighted by atomic mass is 17.2. The average molecular weight is 813 g/mol. The average Bonchev–Trinajstić information content (AvgIpc) is 4.08. The number of fused-ring (bicyclic) bond motifs is 3. The Morgan fingerprint density at radius 2 is 1.22 bits per heavy atom. The SMILES string of the molecule is COO/C=N/[C@H](C(=O)N1CCC[C@H]1c1nc2cc(-c3ccc4cc(-c5ccc6[nH]c([C@@H]7CCCN7C(=O)[C@@H](NC(=O)OC)C(C)C)nc6c5)ccc4c3)ccc2[nH]1)C(C)C. The van der Waals surface area contributed by atoms with Crippen molar-refractivity contribution in [2.24, 2.45) is 16.8 Å². The number of aromatic amines is 2. The fourth-order valence-electron chi connectivity index (χ4n) is 8.66. The van der Waals surface area contributed by atoms with Crippen LogP contribution in [0.1, 0.15) is 77.1 Å². The van der Waals surface area contributed by atoms with Crippen LogP contribution in [0.25, 0.3) is 55.1 Å². The molecule has 6 aromatic rings. The molecule has 312 valence electrons. The lowest BCUT2D eigenvalue weighted by atomic mass is 9.97. The van der Waals surface area contributed by atoms with E-state index in [1.54, 1.807) is 0 Å². The Labute approximate surface area is 348 Å². The zero-order valence-electron chi connectivity index (χ0n) is 34.9. The van der Waals surface area contributed by atoms with Gasteiger partial charge in [0.2, 0.25) is 18.2 Å². The third kappa shape index (κ3) is 8.03. The summed E-state index contributed by atoms with van der Waals surface area (Å²) in [7, 11) is 2.70. The van der Waals surface area contributed by atoms with Crippen molar-refractivity contribution in [2.75, 3.05) is 27.3 Å². The molecule has 60 heavy (non-hydrogen) atoms. The second kappa shape index (κ2) is 17.1. The first kappa shape index (κ1) is 40.5. The zero-order chi connectivity index (χ0) is 42.1. The van der Waals surface area contributed by atoms with E-state index in [9.17, 15) is 14.4 Å². The van der Waals surface area contributed by atoms with E-state index in [2.05, 4.69) is 91.9 Å². The van der Waals surface area contributed by atoms with Crippen LogP contribution in [0.4, 0.5) is 4.79 Å². The summed E-state index contributed by atoms with van der Waals surface area (Å²) in [5.74, 6) is 1.23. The number of carbonyl (C=O) groups is 3. The Bertz CT molecular complexity index is 2580. The minimum Gasteiger partial charge on any atom is -0.453 e. The first-order valence-corrected chi connectivity index (χ1v) is 20.7. The van der Waals surface area contributed by atoms with Crippen molar-refractivity contribution in [1.29, 1.82) is 0 Å². The van der Waals surface area contributed by atoms with E-state index in [0.29, 0.717) is 13.1 Å². The summed E-state index contributed by atoms with van der Waals surface area (Å²) in [4.78, 5) is 73.8. The van der Waals surface area contributed by atoms with Crippen molar-refractivity contribution in [3.63, 3.8) is 0 Å². The number of nitrogens with one attached hydrogen (secondary N) is 3. The van der Waals surface area contributed by atoms with E-state index < -0.39 is 18.2 Å². The molecular formula is C46H52N8O6. The second-order valence-corrected chi connectivity index (χ2v) is 16.4. The zero-order valence-corrected chi connectivity index (χ0v) is 34.9. The molecule has 8 rings (SSSR count). The van der Waals surface area contributed by atoms with Crippen molar-refractivity contribution in [3.05, 3.63) is 84.4 Å². The van der Waals surface area contributed by atoms with Crippen molar-refractivity contribution < 1.29 is 28.9 Å². The van der Waals surface area contributed by atoms with Gasteiger partial charge in [0.1, 0.15) is 23.7 Å². The number of rotatable bonds is 12. The van der Waals surface area contributed by atoms with Crippen LogP contribution in [0.15, 0.2) is 77.8 Å². The van der Waals surface area contributed by atoms with E-state index in [-0.39, 0.29) is 35.7 Å². The van der Waals surface area contributed by atoms with Crippen LogP contribution in [0.5, 0.6) is 0 Å². The van der Waals surface area contributed by atoms with E-state index in [1.165, 1.54) is 20.6 Å². The molecular weight excluding hydrogens is 761 g/mol. The standard InChI is InChI=1S/C46H52N8O6/c1-26(2)40(47-25-60-59-6)44(55)53-19-7-9-38(53)42-48-34-17-15-32(23-36(34)50-42)30-13-11-29-22-31(14-12-28(29)21-30)33-16-18-35-37(24-33)51-43(49-35)39-10-8-20-54(39)45(56)41(27(3)4)52-46(57)58-5/h11-18,21-27,38-41H,7-10,19-20H2,1-6H3,(H,48,50)(H,49,51)(H,52,57)/b47-25+/t38-,39-,40-,41-/m0/s1. The Kier molecular flexibility index (Phi) is 11.6. The number of hydrogen-bond donors (Lipinski definition) is 3. The predicted molar refractivity (Wildman–Crippen MR) is 231 cm³/mol. The highest BCUT2D eigenvalue weighted by Crippen LogP contribution is 2.36. The fraction of sp³-hybridized carbons (Fsp3) is 0.391. The second-order valence-electron chi connectivity index (χ2n) is 16.4. The molecule has 0 saturated carbocycles. The first-order valence-electron chi connectivity index (χ1n) is 20.7. The molecule has 0 bridgehead atoms. The van der Waals surface area contributed by atoms with Crippen LogP contribution in [-0.4, -0.2) is 93.4 Å². The molecule has 14 nitrogen and oxygen atoms in total. The van der Waals surface area contributed by atoms with Gasteiger partial charge >= 0.3 is 6.09 Å². The van der Waals surface area contributed by atoms with Gasteiger partial charge in [0.25, 0.3) is 0 Å². The maximum Gasteiger partial charge on any atom is 0.407 e. The van der Waals surface area contributed by atoms with E-state index in [1.807, 2.05) is 43.6 Å². The van der Waals surface area contributed by atoms with Crippen molar-refractivity contribution in [1.82, 2.24) is 35.1 Å². The maximum atomic E-state index is 13.7. The molecule has 4 atom stereocenters. The topological polar surface area (TPSA) is 167 Å². The molecule has 2 aromatic heterocycles. The summed E-state index contributed by atoms with van der Waals surface area (Å²) in [6, 6.07) is 23.8. The maximum absolute atomic E-state index is 13.7. The molecule has 2 fully saturated rings. The summed E-state index contributed by atoms with van der Waals surface area (Å²) < 4.78 is 4.78. The van der Waals surface area contributed by atoms with Gasteiger partial charge in [0.15, 0.2) is 0 Å². The van der Waals surface area contributed by atoms with E-state index in [4.69, 9.17) is 19.6 Å². The number of ether oxygens (including phenoxy) is 1. The molecule has 3 N–H and O–H groups in total. The third-order valence-electron chi connectivity index (χ3n) is 11.8. The molecule has 0 radical (unpaired) electrons. The van der Waals surface area contributed by atoms with Gasteiger partial charge < -0.3 is 34.7 Å². The number of benzene rings is 4. The summed E-state index contributed by atoms with van der Waals surface area (Å²) in [5, 5.41) is 4.95. The number of hydrogen-bond acceptors (Lipinski definition) is 9. The molecule has 4 aromatic carbocycles. The van der Waals surface area contributed by atoms with Crippen molar-refractivity contribution in [2.45, 2.75) is 77.5 Å². The van der Waals surface area contributed by atoms with Gasteiger partial charge in [-0.15, -0.1) is 0 Å². The largest absolute Gasteiger partial charge is 0.453 e. The van der Waals surface area contributed by atoms with Crippen molar-refractivity contribution >= 4 is 57.1 Å². The Morgan fingerprint density at radius 1 is 0.717 bits per heavy atom. The molecule has 0 unspecified atom stereocenters. The number of carbonyl (C=O) groups excluding carboxylic acids is 3. The molecule has 2 aliphatic heterocycles. The van der Waals surface area contributed by atoms with Gasteiger partial charge in [-0.2, -0.15) is 4.89 Å². The van der Waals surface area contributed by atoms with Crippen LogP contribution in [-0.2, 0) is 24.1 Å². The lowest BCUT2D eigenvalue weighted by molar-refractivity contribution is -0.188. The first-order chi connectivity index (χ1) is 29.0. The quantitative estimate of drug-likeness (QED) is 0.0481. The lowest BCUT2D eigenvalue weighted by Crippen LogP contribution is -2.51. The van der Waals surface area contributed by atoms with E-state index in [0.717, 1.165) is 92.4 Å². The molecule has 3 amide bonds. The number of amides is 3. The molecule has 2 aliphatic rings. The van der Waals surface area contributed by atoms with Gasteiger partial charge in [0, 0.05) is 13.1 Å².